The molecule has 2 heterocycles. The van der Waals surface area contributed by atoms with Crippen LogP contribution in [0.4, 0.5) is 4.39 Å². The van der Waals surface area contributed by atoms with E-state index < -0.39 is 6.04 Å². The van der Waals surface area contributed by atoms with Crippen molar-refractivity contribution in [1.82, 2.24) is 9.91 Å². The van der Waals surface area contributed by atoms with Gasteiger partial charge in [0.1, 0.15) is 5.82 Å². The van der Waals surface area contributed by atoms with Crippen molar-refractivity contribution in [2.45, 2.75) is 32.4 Å². The lowest BCUT2D eigenvalue weighted by molar-refractivity contribution is -0.134. The van der Waals surface area contributed by atoms with Crippen LogP contribution in [-0.2, 0) is 17.8 Å². The van der Waals surface area contributed by atoms with E-state index in [0.717, 1.165) is 36.3 Å². The molecule has 162 valence electrons. The Morgan fingerprint density at radius 2 is 1.72 bits per heavy atom. The summed E-state index contributed by atoms with van der Waals surface area (Å²) in [6, 6.07) is 22.7. The molecule has 5 rings (SSSR count). The maximum Gasteiger partial charge on any atom is 0.257 e. The average molecular weight is 428 g/mol. The molecule has 0 radical (unpaired) electrons. The molecule has 4 nitrogen and oxygen atoms in total. The van der Waals surface area contributed by atoms with Gasteiger partial charge in [0, 0.05) is 25.1 Å². The maximum atomic E-state index is 14.7. The number of hydrazone groups is 1. The van der Waals surface area contributed by atoms with E-state index in [2.05, 4.69) is 23.1 Å². The molecule has 32 heavy (non-hydrogen) atoms. The number of nitrogens with zero attached hydrogens (tertiary/aromatic N) is 3. The highest BCUT2D eigenvalue weighted by atomic mass is 19.1. The Morgan fingerprint density at radius 1 is 1.00 bits per heavy atom. The van der Waals surface area contributed by atoms with Gasteiger partial charge in [0.05, 0.1) is 18.3 Å². The molecule has 0 N–H and O–H groups in total. The number of carbonyl (C=O) groups excluding carboxylic acids is 1. The van der Waals surface area contributed by atoms with E-state index in [-0.39, 0.29) is 18.3 Å². The molecule has 0 fully saturated rings. The van der Waals surface area contributed by atoms with Crippen molar-refractivity contribution in [3.63, 3.8) is 0 Å². The van der Waals surface area contributed by atoms with Crippen LogP contribution in [0.1, 0.15) is 40.3 Å². The average Bonchev–Trinajstić information content (AvgIpc) is 3.25. The van der Waals surface area contributed by atoms with E-state index in [0.29, 0.717) is 12.0 Å². The Labute approximate surface area is 188 Å². The zero-order chi connectivity index (χ0) is 22.1. The molecule has 0 unspecified atom stereocenters. The highest BCUT2D eigenvalue weighted by molar-refractivity contribution is 6.03. The predicted molar refractivity (Wildman–Crippen MR) is 124 cm³/mol. The van der Waals surface area contributed by atoms with Crippen LogP contribution in [0.25, 0.3) is 0 Å². The van der Waals surface area contributed by atoms with Gasteiger partial charge < -0.3 is 0 Å². The van der Waals surface area contributed by atoms with Crippen LogP contribution in [0.2, 0.25) is 0 Å². The summed E-state index contributed by atoms with van der Waals surface area (Å²) in [5, 5.41) is 6.21. The molecule has 0 aliphatic carbocycles. The summed E-state index contributed by atoms with van der Waals surface area (Å²) in [4.78, 5) is 15.6. The Morgan fingerprint density at radius 3 is 2.50 bits per heavy atom. The summed E-state index contributed by atoms with van der Waals surface area (Å²) in [5.74, 6) is -0.401. The first-order valence-corrected chi connectivity index (χ1v) is 11.1. The molecule has 3 aromatic carbocycles. The van der Waals surface area contributed by atoms with E-state index >= 15 is 0 Å². The van der Waals surface area contributed by atoms with Crippen molar-refractivity contribution in [3.8, 4) is 0 Å². The maximum absolute atomic E-state index is 14.7. The summed E-state index contributed by atoms with van der Waals surface area (Å²) >= 11 is 0. The fourth-order valence-electron chi connectivity index (χ4n) is 4.60. The van der Waals surface area contributed by atoms with Gasteiger partial charge in [-0.1, -0.05) is 72.3 Å². The van der Waals surface area contributed by atoms with Crippen molar-refractivity contribution in [1.29, 1.82) is 0 Å². The number of amides is 1. The van der Waals surface area contributed by atoms with Crippen molar-refractivity contribution in [2.75, 3.05) is 13.1 Å². The van der Waals surface area contributed by atoms with E-state index in [9.17, 15) is 9.18 Å². The Kier molecular flexibility index (Phi) is 5.58. The molecule has 5 heteroatoms. The van der Waals surface area contributed by atoms with Crippen LogP contribution in [0, 0.1) is 12.7 Å². The zero-order valence-electron chi connectivity index (χ0n) is 18.2. The molecule has 1 amide bonds. The van der Waals surface area contributed by atoms with Gasteiger partial charge >= 0.3 is 0 Å². The summed E-state index contributed by atoms with van der Waals surface area (Å²) in [7, 11) is 0. The van der Waals surface area contributed by atoms with Crippen LogP contribution in [0.5, 0.6) is 0 Å². The van der Waals surface area contributed by atoms with Gasteiger partial charge in [0.25, 0.3) is 5.91 Å². The predicted octanol–water partition coefficient (Wildman–Crippen LogP) is 4.87. The van der Waals surface area contributed by atoms with Crippen LogP contribution in [0.3, 0.4) is 0 Å². The van der Waals surface area contributed by atoms with E-state index in [1.165, 1.54) is 22.2 Å². The molecule has 0 aromatic heterocycles. The summed E-state index contributed by atoms with van der Waals surface area (Å²) in [6.07, 6.45) is 1.43. The first-order valence-electron chi connectivity index (χ1n) is 11.1. The van der Waals surface area contributed by atoms with Crippen molar-refractivity contribution < 1.29 is 9.18 Å². The van der Waals surface area contributed by atoms with Gasteiger partial charge in [-0.15, -0.1) is 0 Å². The Balaban J connectivity index is 1.41. The zero-order valence-corrected chi connectivity index (χ0v) is 18.2. The fraction of sp³-hybridized carbons (Fsp3) is 0.259. The number of aryl methyl sites for hydroxylation is 1. The Hall–Kier alpha value is -3.31. The number of hydrogen-bond acceptors (Lipinski definition) is 3. The SMILES string of the molecule is Cc1ccc(C2=NN(C(=O)CN3CCc4ccccc4C3)[C@@H](c3ccccc3F)C2)cc1. The summed E-state index contributed by atoms with van der Waals surface area (Å²) < 4.78 is 14.7. The molecule has 2 aliphatic heterocycles. The lowest BCUT2D eigenvalue weighted by Gasteiger charge is -2.30. The van der Waals surface area contributed by atoms with Gasteiger partial charge in [-0.05, 0) is 36.1 Å². The largest absolute Gasteiger partial charge is 0.290 e. The lowest BCUT2D eigenvalue weighted by Crippen LogP contribution is -2.40. The molecule has 0 bridgehead atoms. The first kappa shape index (κ1) is 20.6. The van der Waals surface area contributed by atoms with Gasteiger partial charge in [0.15, 0.2) is 0 Å². The van der Waals surface area contributed by atoms with Gasteiger partial charge in [-0.2, -0.15) is 5.10 Å². The number of rotatable bonds is 4. The monoisotopic (exact) mass is 427 g/mol. The van der Waals surface area contributed by atoms with E-state index in [1.54, 1.807) is 12.1 Å². The third-order valence-corrected chi connectivity index (χ3v) is 6.38. The van der Waals surface area contributed by atoms with Crippen molar-refractivity contribution in [2.24, 2.45) is 5.10 Å². The second kappa shape index (κ2) is 8.67. The minimum atomic E-state index is -0.433. The molecular weight excluding hydrogens is 401 g/mol. The number of fused-ring (bicyclic) bond motifs is 1. The van der Waals surface area contributed by atoms with Gasteiger partial charge in [-0.25, -0.2) is 9.40 Å². The smallest absolute Gasteiger partial charge is 0.257 e. The van der Waals surface area contributed by atoms with Gasteiger partial charge in [0.2, 0.25) is 0 Å². The molecule has 1 atom stereocenters. The van der Waals surface area contributed by atoms with Crippen molar-refractivity contribution in [3.05, 3.63) is 106 Å². The number of halogens is 1. The Bertz CT molecular complexity index is 1170. The van der Waals surface area contributed by atoms with Crippen LogP contribution in [-0.4, -0.2) is 34.6 Å². The highest BCUT2D eigenvalue weighted by Gasteiger charge is 2.35. The third kappa shape index (κ3) is 4.08. The molecule has 0 saturated carbocycles. The van der Waals surface area contributed by atoms with Crippen LogP contribution in [0.15, 0.2) is 77.9 Å². The second-order valence-corrected chi connectivity index (χ2v) is 8.62. The normalized spacial score (nSPS) is 18.4. The number of benzene rings is 3. The standard InChI is InChI=1S/C27H26FN3O/c1-19-10-12-21(13-11-19)25-16-26(23-8-4-5-9-24(23)28)31(29-25)27(32)18-30-15-14-20-6-2-3-7-22(20)17-30/h2-13,26H,14-18H2,1H3/t26-/m1/s1. The van der Waals surface area contributed by atoms with Crippen LogP contribution >= 0.6 is 0 Å². The quantitative estimate of drug-likeness (QED) is 0.596. The number of hydrogen-bond donors (Lipinski definition) is 0. The van der Waals surface area contributed by atoms with Gasteiger partial charge in [-0.3, -0.25) is 9.69 Å². The molecule has 2 aliphatic rings. The summed E-state index contributed by atoms with van der Waals surface area (Å²) in [5.41, 5.74) is 6.07. The molecule has 0 saturated heterocycles. The van der Waals surface area contributed by atoms with Crippen molar-refractivity contribution >= 4 is 11.6 Å². The minimum absolute atomic E-state index is 0.0975. The second-order valence-electron chi connectivity index (χ2n) is 8.62. The van der Waals surface area contributed by atoms with E-state index in [4.69, 9.17) is 5.10 Å². The fourth-order valence-corrected chi connectivity index (χ4v) is 4.60. The number of carbonyl (C=O) groups is 1. The third-order valence-electron chi connectivity index (χ3n) is 6.38. The first-order chi connectivity index (χ1) is 15.6. The topological polar surface area (TPSA) is 35.9 Å². The minimum Gasteiger partial charge on any atom is -0.290 e. The molecule has 0 spiro atoms. The summed E-state index contributed by atoms with van der Waals surface area (Å²) in [6.45, 7) is 3.88. The lowest BCUT2D eigenvalue weighted by atomic mass is 9.97. The highest BCUT2D eigenvalue weighted by Crippen LogP contribution is 2.34. The van der Waals surface area contributed by atoms with E-state index in [1.807, 2.05) is 43.3 Å². The van der Waals surface area contributed by atoms with Crippen LogP contribution < -0.4 is 0 Å². The molecular formula is C27H26FN3O. The molecule has 3 aromatic rings.